The second kappa shape index (κ2) is 6.93. The number of benzene rings is 1. The molecular weight excluding hydrogens is 352 g/mol. The van der Waals surface area contributed by atoms with E-state index in [1.807, 2.05) is 12.1 Å². The number of nitrogens with one attached hydrogen (secondary N) is 1. The second-order valence-electron chi connectivity index (χ2n) is 6.32. The Hall–Kier alpha value is -2.64. The Morgan fingerprint density at radius 3 is 3.04 bits per heavy atom. The van der Waals surface area contributed by atoms with Crippen LogP contribution >= 0.6 is 11.6 Å². The number of nitrogens with zero attached hydrogens (tertiary/aromatic N) is 5. The highest BCUT2D eigenvalue weighted by Gasteiger charge is 2.25. The number of hydrogen-bond donors (Lipinski definition) is 1. The fraction of sp³-hybridized carbons (Fsp3) is 0.278. The van der Waals surface area contributed by atoms with E-state index in [0.29, 0.717) is 17.3 Å². The maximum Gasteiger partial charge on any atom is 0.238 e. The minimum Gasteiger partial charge on any atom is -0.349 e. The smallest absolute Gasteiger partial charge is 0.238 e. The molecule has 4 rings (SSSR count). The number of carbonyl (C=O) groups is 1. The van der Waals surface area contributed by atoms with E-state index in [1.165, 1.54) is 12.0 Å². The zero-order valence-corrected chi connectivity index (χ0v) is 15.1. The molecular formula is C18H19ClN6O. The van der Waals surface area contributed by atoms with Crippen LogP contribution in [0.25, 0.3) is 5.69 Å². The summed E-state index contributed by atoms with van der Waals surface area (Å²) in [5.74, 6) is -0.0829. The van der Waals surface area contributed by atoms with Crippen LogP contribution in [0.2, 0.25) is 5.02 Å². The molecule has 134 valence electrons. The third-order valence-corrected chi connectivity index (χ3v) is 4.95. The fourth-order valence-electron chi connectivity index (χ4n) is 3.36. The summed E-state index contributed by atoms with van der Waals surface area (Å²) in [6.07, 6.45) is 5.12. The zero-order chi connectivity index (χ0) is 18.1. The quantitative estimate of drug-likeness (QED) is 0.766. The molecule has 8 heteroatoms. The third-order valence-electron chi connectivity index (χ3n) is 4.71. The van der Waals surface area contributed by atoms with Crippen LogP contribution in [0.4, 0.5) is 5.69 Å². The van der Waals surface area contributed by atoms with Gasteiger partial charge in [0.05, 0.1) is 17.9 Å². The summed E-state index contributed by atoms with van der Waals surface area (Å²) in [5.41, 5.74) is 2.57. The highest BCUT2D eigenvalue weighted by molar-refractivity contribution is 6.31. The average Bonchev–Trinajstić information content (AvgIpc) is 3.29. The van der Waals surface area contributed by atoms with Gasteiger partial charge in [-0.15, -0.1) is 0 Å². The van der Waals surface area contributed by atoms with Gasteiger partial charge in [-0.1, -0.05) is 11.6 Å². The summed E-state index contributed by atoms with van der Waals surface area (Å²) in [5, 5.41) is 7.64. The van der Waals surface area contributed by atoms with Gasteiger partial charge in [0.25, 0.3) is 0 Å². The van der Waals surface area contributed by atoms with Gasteiger partial charge in [-0.05, 0) is 37.3 Å². The van der Waals surface area contributed by atoms with Gasteiger partial charge in [0, 0.05) is 36.0 Å². The number of aromatic nitrogens is 4. The van der Waals surface area contributed by atoms with Crippen LogP contribution in [0, 0.1) is 0 Å². The lowest BCUT2D eigenvalue weighted by atomic mass is 10.1. The average molecular weight is 371 g/mol. The maximum absolute atomic E-state index is 12.7. The molecule has 0 radical (unpaired) electrons. The van der Waals surface area contributed by atoms with Crippen LogP contribution in [0.5, 0.6) is 0 Å². The van der Waals surface area contributed by atoms with Gasteiger partial charge < -0.3 is 9.88 Å². The van der Waals surface area contributed by atoms with E-state index in [2.05, 4.69) is 44.1 Å². The van der Waals surface area contributed by atoms with Crippen molar-refractivity contribution in [1.29, 1.82) is 0 Å². The van der Waals surface area contributed by atoms with Crippen molar-refractivity contribution in [2.45, 2.75) is 19.5 Å². The normalized spacial score (nSPS) is 17.1. The molecule has 1 aromatic carbocycles. The van der Waals surface area contributed by atoms with Crippen molar-refractivity contribution >= 4 is 23.2 Å². The molecule has 0 fully saturated rings. The molecule has 3 aromatic rings. The van der Waals surface area contributed by atoms with E-state index < -0.39 is 0 Å². The van der Waals surface area contributed by atoms with Gasteiger partial charge in [0.2, 0.25) is 5.91 Å². The zero-order valence-electron chi connectivity index (χ0n) is 14.3. The molecule has 26 heavy (non-hydrogen) atoms. The van der Waals surface area contributed by atoms with Gasteiger partial charge in [-0.3, -0.25) is 9.69 Å². The third kappa shape index (κ3) is 3.23. The Balaban J connectivity index is 1.50. The SMILES string of the molecule is C[C@H]1c2cccn2CCN1CC(=O)Nc1cc(Cl)ccc1-n1cncn1. The number of fused-ring (bicyclic) bond motifs is 1. The van der Waals surface area contributed by atoms with Gasteiger partial charge in [-0.2, -0.15) is 5.10 Å². The lowest BCUT2D eigenvalue weighted by Crippen LogP contribution is -2.41. The molecule has 0 saturated heterocycles. The van der Waals surface area contributed by atoms with E-state index in [1.54, 1.807) is 23.1 Å². The lowest BCUT2D eigenvalue weighted by molar-refractivity contribution is -0.118. The molecule has 1 N–H and O–H groups in total. The predicted molar refractivity (Wildman–Crippen MR) is 99.4 cm³/mol. The van der Waals surface area contributed by atoms with Gasteiger partial charge >= 0.3 is 0 Å². The Morgan fingerprint density at radius 2 is 2.23 bits per heavy atom. The number of halogens is 1. The molecule has 1 atom stereocenters. The summed E-state index contributed by atoms with van der Waals surface area (Å²) in [7, 11) is 0. The van der Waals surface area contributed by atoms with Crippen molar-refractivity contribution in [2.75, 3.05) is 18.4 Å². The van der Waals surface area contributed by atoms with Crippen LogP contribution in [0.1, 0.15) is 18.7 Å². The molecule has 0 spiro atoms. The molecule has 1 aliphatic rings. The van der Waals surface area contributed by atoms with E-state index in [4.69, 9.17) is 11.6 Å². The summed E-state index contributed by atoms with van der Waals surface area (Å²) in [4.78, 5) is 18.8. The van der Waals surface area contributed by atoms with Crippen molar-refractivity contribution in [2.24, 2.45) is 0 Å². The summed E-state index contributed by atoms with van der Waals surface area (Å²) in [6.45, 7) is 4.16. The summed E-state index contributed by atoms with van der Waals surface area (Å²) in [6, 6.07) is 9.64. The van der Waals surface area contributed by atoms with Crippen LogP contribution in [0.15, 0.2) is 49.2 Å². The van der Waals surface area contributed by atoms with Crippen molar-refractivity contribution in [3.63, 3.8) is 0 Å². The number of anilines is 1. The predicted octanol–water partition coefficient (Wildman–Crippen LogP) is 2.74. The van der Waals surface area contributed by atoms with Gasteiger partial charge in [-0.25, -0.2) is 9.67 Å². The molecule has 0 aliphatic carbocycles. The largest absolute Gasteiger partial charge is 0.349 e. The summed E-state index contributed by atoms with van der Waals surface area (Å²) >= 11 is 6.11. The first-order chi connectivity index (χ1) is 12.6. The molecule has 1 amide bonds. The van der Waals surface area contributed by atoms with Crippen LogP contribution in [-0.4, -0.2) is 43.2 Å². The fourth-order valence-corrected chi connectivity index (χ4v) is 3.53. The Bertz CT molecular complexity index is 920. The van der Waals surface area contributed by atoms with Crippen molar-refractivity contribution in [3.05, 3.63) is 59.9 Å². The molecule has 0 saturated carbocycles. The second-order valence-corrected chi connectivity index (χ2v) is 6.76. The molecule has 0 unspecified atom stereocenters. The molecule has 0 bridgehead atoms. The Kier molecular flexibility index (Phi) is 4.48. The van der Waals surface area contributed by atoms with Gasteiger partial charge in [0.15, 0.2) is 0 Å². The standard InChI is InChI=1S/C18H19ClN6O/c1-13-16-3-2-6-23(16)7-8-24(13)10-18(26)22-15-9-14(19)4-5-17(15)25-12-20-11-21-25/h2-6,9,11-13H,7-8,10H2,1H3,(H,22,26)/t13-/m0/s1. The van der Waals surface area contributed by atoms with Crippen molar-refractivity contribution in [3.8, 4) is 5.69 Å². The number of rotatable bonds is 4. The number of amides is 1. The van der Waals surface area contributed by atoms with E-state index >= 15 is 0 Å². The van der Waals surface area contributed by atoms with Crippen molar-refractivity contribution < 1.29 is 4.79 Å². The highest BCUT2D eigenvalue weighted by atomic mass is 35.5. The highest BCUT2D eigenvalue weighted by Crippen LogP contribution is 2.26. The Morgan fingerprint density at radius 1 is 1.35 bits per heavy atom. The monoisotopic (exact) mass is 370 g/mol. The first-order valence-corrected chi connectivity index (χ1v) is 8.83. The van der Waals surface area contributed by atoms with Gasteiger partial charge in [0.1, 0.15) is 12.7 Å². The molecule has 7 nitrogen and oxygen atoms in total. The molecule has 1 aliphatic heterocycles. The minimum absolute atomic E-state index is 0.0829. The summed E-state index contributed by atoms with van der Waals surface area (Å²) < 4.78 is 3.83. The lowest BCUT2D eigenvalue weighted by Gasteiger charge is -2.34. The van der Waals surface area contributed by atoms with Crippen LogP contribution < -0.4 is 5.32 Å². The number of carbonyl (C=O) groups excluding carboxylic acids is 1. The van der Waals surface area contributed by atoms with Crippen molar-refractivity contribution in [1.82, 2.24) is 24.2 Å². The van der Waals surface area contributed by atoms with E-state index in [0.717, 1.165) is 18.8 Å². The maximum atomic E-state index is 12.7. The van der Waals surface area contributed by atoms with E-state index in [-0.39, 0.29) is 11.9 Å². The van der Waals surface area contributed by atoms with Crippen LogP contribution in [-0.2, 0) is 11.3 Å². The topological polar surface area (TPSA) is 68.0 Å². The minimum atomic E-state index is -0.0829. The Labute approximate surface area is 156 Å². The first-order valence-electron chi connectivity index (χ1n) is 8.45. The van der Waals surface area contributed by atoms with E-state index in [9.17, 15) is 4.79 Å². The molecule has 2 aromatic heterocycles. The molecule has 3 heterocycles. The first kappa shape index (κ1) is 16.8. The number of hydrogen-bond acceptors (Lipinski definition) is 4. The van der Waals surface area contributed by atoms with Crippen LogP contribution in [0.3, 0.4) is 0 Å².